The summed E-state index contributed by atoms with van der Waals surface area (Å²) in [6.07, 6.45) is 1.11. The Bertz CT molecular complexity index is 758. The summed E-state index contributed by atoms with van der Waals surface area (Å²) in [5.41, 5.74) is 2.82. The Labute approximate surface area is 153 Å². The number of Topliss-reactive ketones (excluding diaryl/α,β-unsaturated/α-hetero) is 1. The van der Waals surface area contributed by atoms with Crippen LogP contribution in [0.2, 0.25) is 5.02 Å². The van der Waals surface area contributed by atoms with Gasteiger partial charge >= 0.3 is 0 Å². The second-order valence-electron chi connectivity index (χ2n) is 5.73. The summed E-state index contributed by atoms with van der Waals surface area (Å²) in [6.45, 7) is 4.21. The highest BCUT2D eigenvalue weighted by atomic mass is 35.5. The maximum absolute atomic E-state index is 12.0. The number of hydrogen-bond donors (Lipinski definition) is 1. The molecule has 0 unspecified atom stereocenters. The summed E-state index contributed by atoms with van der Waals surface area (Å²) >= 11 is 5.93. The lowest BCUT2D eigenvalue weighted by Crippen LogP contribution is -2.30. The number of carbonyl (C=O) groups is 2. The molecule has 0 aliphatic carbocycles. The van der Waals surface area contributed by atoms with E-state index in [9.17, 15) is 9.59 Å². The Hall–Kier alpha value is -2.33. The van der Waals surface area contributed by atoms with Gasteiger partial charge in [0.25, 0.3) is 5.91 Å². The molecule has 0 atom stereocenters. The van der Waals surface area contributed by atoms with E-state index in [-0.39, 0.29) is 18.3 Å². The van der Waals surface area contributed by atoms with Gasteiger partial charge in [-0.1, -0.05) is 42.8 Å². The maximum Gasteiger partial charge on any atom is 0.257 e. The number of ether oxygens (including phenoxy) is 1. The summed E-state index contributed by atoms with van der Waals surface area (Å²) in [4.78, 5) is 23.9. The van der Waals surface area contributed by atoms with Gasteiger partial charge in [-0.3, -0.25) is 9.59 Å². The molecule has 0 radical (unpaired) electrons. The Morgan fingerprint density at radius 2 is 1.92 bits per heavy atom. The van der Waals surface area contributed by atoms with E-state index in [4.69, 9.17) is 16.3 Å². The number of nitrogens with one attached hydrogen (secondary N) is 1. The second-order valence-corrected chi connectivity index (χ2v) is 6.17. The van der Waals surface area contributed by atoms with E-state index in [1.807, 2.05) is 31.2 Å². The van der Waals surface area contributed by atoms with Gasteiger partial charge in [-0.15, -0.1) is 0 Å². The fourth-order valence-corrected chi connectivity index (χ4v) is 2.63. The summed E-state index contributed by atoms with van der Waals surface area (Å²) in [6, 6.07) is 12.9. The van der Waals surface area contributed by atoms with Crippen LogP contribution in [0.3, 0.4) is 0 Å². The zero-order valence-corrected chi connectivity index (χ0v) is 15.2. The van der Waals surface area contributed by atoms with Gasteiger partial charge in [-0.05, 0) is 42.7 Å². The van der Waals surface area contributed by atoms with Gasteiger partial charge < -0.3 is 10.1 Å². The zero-order chi connectivity index (χ0) is 18.2. The molecule has 0 fully saturated rings. The molecular formula is C20H22ClNO3. The highest BCUT2D eigenvalue weighted by Gasteiger charge is 2.13. The summed E-state index contributed by atoms with van der Waals surface area (Å²) in [5.74, 6) is 0.0844. The Morgan fingerprint density at radius 1 is 1.16 bits per heavy atom. The van der Waals surface area contributed by atoms with Crippen LogP contribution in [0, 0.1) is 6.92 Å². The zero-order valence-electron chi connectivity index (χ0n) is 14.5. The van der Waals surface area contributed by atoms with E-state index in [0.29, 0.717) is 29.3 Å². The third-order valence-corrected chi connectivity index (χ3v) is 4.13. The van der Waals surface area contributed by atoms with E-state index < -0.39 is 0 Å². The molecule has 0 spiro atoms. The Morgan fingerprint density at radius 3 is 2.64 bits per heavy atom. The van der Waals surface area contributed by atoms with Crippen molar-refractivity contribution in [2.24, 2.45) is 0 Å². The van der Waals surface area contributed by atoms with Crippen molar-refractivity contribution in [3.05, 3.63) is 64.2 Å². The molecule has 25 heavy (non-hydrogen) atoms. The third-order valence-electron chi connectivity index (χ3n) is 3.90. The number of amides is 1. The predicted molar refractivity (Wildman–Crippen MR) is 99.5 cm³/mol. The minimum Gasteiger partial charge on any atom is -0.483 e. The number of hydrogen-bond acceptors (Lipinski definition) is 3. The standard InChI is InChI=1S/C20H22ClNO3/c1-3-18(23)17-12-16(21)8-9-19(17)25-13-20(24)22-11-10-15-7-5-4-6-14(15)2/h4-9,12H,3,10-11,13H2,1-2H3,(H,22,24). The maximum atomic E-state index is 12.0. The molecule has 0 aliphatic heterocycles. The van der Waals surface area contributed by atoms with Crippen LogP contribution < -0.4 is 10.1 Å². The number of benzene rings is 2. The monoisotopic (exact) mass is 359 g/mol. The van der Waals surface area contributed by atoms with Crippen molar-refractivity contribution in [3.63, 3.8) is 0 Å². The van der Waals surface area contributed by atoms with Gasteiger partial charge in [0.2, 0.25) is 0 Å². The van der Waals surface area contributed by atoms with Crippen LogP contribution in [0.1, 0.15) is 34.8 Å². The molecule has 132 valence electrons. The van der Waals surface area contributed by atoms with Gasteiger partial charge in [-0.2, -0.15) is 0 Å². The molecule has 4 nitrogen and oxygen atoms in total. The van der Waals surface area contributed by atoms with Crippen LogP contribution in [-0.4, -0.2) is 24.8 Å². The van der Waals surface area contributed by atoms with Crippen LogP contribution in [0.25, 0.3) is 0 Å². The molecule has 2 aromatic rings. The molecule has 2 aromatic carbocycles. The first-order chi connectivity index (χ1) is 12.0. The first-order valence-corrected chi connectivity index (χ1v) is 8.65. The van der Waals surface area contributed by atoms with Crippen LogP contribution in [0.4, 0.5) is 0 Å². The van der Waals surface area contributed by atoms with Crippen molar-refractivity contribution in [2.75, 3.05) is 13.2 Å². The molecule has 2 rings (SSSR count). The molecule has 0 bridgehead atoms. The molecule has 1 N–H and O–H groups in total. The Kier molecular flexibility index (Phi) is 7.02. The molecule has 0 heterocycles. The van der Waals surface area contributed by atoms with Crippen LogP contribution in [0.15, 0.2) is 42.5 Å². The Balaban J connectivity index is 1.86. The lowest BCUT2D eigenvalue weighted by atomic mass is 10.1. The molecule has 0 aromatic heterocycles. The molecular weight excluding hydrogens is 338 g/mol. The van der Waals surface area contributed by atoms with Crippen LogP contribution in [-0.2, 0) is 11.2 Å². The van der Waals surface area contributed by atoms with Crippen LogP contribution >= 0.6 is 11.6 Å². The molecule has 5 heteroatoms. The van der Waals surface area contributed by atoms with Crippen molar-refractivity contribution < 1.29 is 14.3 Å². The fourth-order valence-electron chi connectivity index (χ4n) is 2.46. The number of rotatable bonds is 8. The van der Waals surface area contributed by atoms with Gasteiger partial charge in [0.15, 0.2) is 12.4 Å². The average molecular weight is 360 g/mol. The van der Waals surface area contributed by atoms with Gasteiger partial charge in [0.1, 0.15) is 5.75 Å². The lowest BCUT2D eigenvalue weighted by molar-refractivity contribution is -0.123. The summed E-state index contributed by atoms with van der Waals surface area (Å²) in [7, 11) is 0. The van der Waals surface area contributed by atoms with E-state index in [0.717, 1.165) is 6.42 Å². The smallest absolute Gasteiger partial charge is 0.257 e. The molecule has 0 saturated heterocycles. The second kappa shape index (κ2) is 9.23. The van der Waals surface area contributed by atoms with Crippen molar-refractivity contribution in [3.8, 4) is 5.75 Å². The minimum atomic E-state index is -0.224. The third kappa shape index (κ3) is 5.61. The minimum absolute atomic E-state index is 0.0718. The van der Waals surface area contributed by atoms with Crippen molar-refractivity contribution >= 4 is 23.3 Å². The summed E-state index contributed by atoms with van der Waals surface area (Å²) < 4.78 is 5.51. The topological polar surface area (TPSA) is 55.4 Å². The van der Waals surface area contributed by atoms with Crippen molar-refractivity contribution in [1.29, 1.82) is 0 Å². The van der Waals surface area contributed by atoms with Crippen molar-refractivity contribution in [1.82, 2.24) is 5.32 Å². The molecule has 0 saturated carbocycles. The first kappa shape index (κ1) is 19.0. The highest BCUT2D eigenvalue weighted by Crippen LogP contribution is 2.24. The average Bonchev–Trinajstić information content (AvgIpc) is 2.61. The summed E-state index contributed by atoms with van der Waals surface area (Å²) in [5, 5.41) is 3.29. The number of carbonyl (C=O) groups excluding carboxylic acids is 2. The van der Waals surface area contributed by atoms with Gasteiger partial charge in [-0.25, -0.2) is 0 Å². The lowest BCUT2D eigenvalue weighted by Gasteiger charge is -2.11. The predicted octanol–water partition coefficient (Wildman–Crippen LogP) is 3.98. The van der Waals surface area contributed by atoms with Crippen molar-refractivity contribution in [2.45, 2.75) is 26.7 Å². The van der Waals surface area contributed by atoms with E-state index >= 15 is 0 Å². The number of ketones is 1. The van der Waals surface area contributed by atoms with E-state index in [1.54, 1.807) is 25.1 Å². The van der Waals surface area contributed by atoms with Crippen LogP contribution in [0.5, 0.6) is 5.75 Å². The largest absolute Gasteiger partial charge is 0.483 e. The highest BCUT2D eigenvalue weighted by molar-refractivity contribution is 6.31. The molecule has 1 amide bonds. The first-order valence-electron chi connectivity index (χ1n) is 8.28. The van der Waals surface area contributed by atoms with E-state index in [1.165, 1.54) is 11.1 Å². The van der Waals surface area contributed by atoms with Gasteiger partial charge in [0, 0.05) is 18.0 Å². The van der Waals surface area contributed by atoms with Gasteiger partial charge in [0.05, 0.1) is 5.56 Å². The van der Waals surface area contributed by atoms with E-state index in [2.05, 4.69) is 5.32 Å². The molecule has 0 aliphatic rings. The SMILES string of the molecule is CCC(=O)c1cc(Cl)ccc1OCC(=O)NCCc1ccccc1C. The normalized spacial score (nSPS) is 10.4. The number of aryl methyl sites for hydroxylation is 1. The fraction of sp³-hybridized carbons (Fsp3) is 0.300. The number of halogens is 1. The quantitative estimate of drug-likeness (QED) is 0.725.